The average molecular weight is 556 g/mol. The highest BCUT2D eigenvalue weighted by atomic mass is 16.5. The predicted molar refractivity (Wildman–Crippen MR) is 153 cm³/mol. The highest BCUT2D eigenvalue weighted by molar-refractivity contribution is 5.95. The lowest BCUT2D eigenvalue weighted by Crippen LogP contribution is -2.40. The minimum atomic E-state index is 0.151. The van der Waals surface area contributed by atoms with Crippen molar-refractivity contribution in [2.45, 2.75) is 38.1 Å². The first-order valence-corrected chi connectivity index (χ1v) is 13.8. The smallest absolute Gasteiger partial charge is 0.230 e. The topological polar surface area (TPSA) is 148 Å². The molecule has 0 saturated carbocycles. The SMILES string of the molecule is CC1CC(=O)N(c2cccc(C#N)c2)C1.N=Cc1ccc(-c2noc(C3CCN(C=O)CC3)n2)cc1NC1COC1. The van der Waals surface area contributed by atoms with Crippen molar-refractivity contribution in [2.24, 2.45) is 5.92 Å². The number of carbonyl (C=O) groups excluding carboxylic acids is 2. The van der Waals surface area contributed by atoms with Gasteiger partial charge in [0.05, 0.1) is 30.9 Å². The van der Waals surface area contributed by atoms with Crippen molar-refractivity contribution in [1.82, 2.24) is 15.0 Å². The van der Waals surface area contributed by atoms with Crippen LogP contribution in [0.25, 0.3) is 11.4 Å². The third-order valence-electron chi connectivity index (χ3n) is 7.54. The molecule has 1 atom stereocenters. The molecule has 11 heteroatoms. The van der Waals surface area contributed by atoms with Gasteiger partial charge in [-0.3, -0.25) is 9.59 Å². The van der Waals surface area contributed by atoms with Crippen LogP contribution >= 0.6 is 0 Å². The summed E-state index contributed by atoms with van der Waals surface area (Å²) in [6.45, 7) is 5.61. The van der Waals surface area contributed by atoms with Gasteiger partial charge in [-0.05, 0) is 43.0 Å². The van der Waals surface area contributed by atoms with Gasteiger partial charge in [0.15, 0.2) is 0 Å². The van der Waals surface area contributed by atoms with Crippen LogP contribution in [0.4, 0.5) is 11.4 Å². The van der Waals surface area contributed by atoms with Crippen molar-refractivity contribution in [3.8, 4) is 17.5 Å². The standard InChI is InChI=1S/C18H21N5O3.C12H12N2O/c19-8-14-2-1-13(7-16(14)20-15-9-25-10-15)17-21-18(26-22-17)12-3-5-23(11-24)6-4-12;1-9-5-12(15)14(8-9)11-4-2-3-10(6-11)7-13/h1-2,7-8,11-12,15,19-20H,3-6,9-10H2;2-4,6,9H,5,8H2,1H3. The number of aromatic nitrogens is 2. The van der Waals surface area contributed by atoms with Crippen molar-refractivity contribution in [1.29, 1.82) is 10.7 Å². The summed E-state index contributed by atoms with van der Waals surface area (Å²) < 4.78 is 10.7. The lowest BCUT2D eigenvalue weighted by molar-refractivity contribution is -0.119. The fourth-order valence-corrected chi connectivity index (χ4v) is 5.13. The Labute approximate surface area is 238 Å². The molecule has 3 saturated heterocycles. The van der Waals surface area contributed by atoms with E-state index in [1.165, 1.54) is 6.21 Å². The van der Waals surface area contributed by atoms with Crippen molar-refractivity contribution in [3.63, 3.8) is 0 Å². The molecule has 0 spiro atoms. The van der Waals surface area contributed by atoms with Gasteiger partial charge in [-0.25, -0.2) is 0 Å². The molecule has 41 heavy (non-hydrogen) atoms. The number of carbonyl (C=O) groups is 2. The number of piperidine rings is 1. The minimum Gasteiger partial charge on any atom is -0.377 e. The number of nitriles is 1. The third-order valence-corrected chi connectivity index (χ3v) is 7.54. The number of amides is 2. The van der Waals surface area contributed by atoms with E-state index in [4.69, 9.17) is 19.9 Å². The molecule has 3 fully saturated rings. The van der Waals surface area contributed by atoms with Gasteiger partial charge in [-0.15, -0.1) is 0 Å². The van der Waals surface area contributed by atoms with Crippen LogP contribution in [-0.4, -0.2) is 72.5 Å². The van der Waals surface area contributed by atoms with Gasteiger partial charge in [-0.1, -0.05) is 30.3 Å². The van der Waals surface area contributed by atoms with E-state index in [1.807, 2.05) is 30.3 Å². The van der Waals surface area contributed by atoms with Crippen LogP contribution < -0.4 is 10.2 Å². The van der Waals surface area contributed by atoms with Crippen molar-refractivity contribution in [3.05, 3.63) is 59.5 Å². The molecular weight excluding hydrogens is 522 g/mol. The van der Waals surface area contributed by atoms with Crippen LogP contribution in [0.15, 0.2) is 47.0 Å². The minimum absolute atomic E-state index is 0.151. The molecule has 1 aromatic heterocycles. The van der Waals surface area contributed by atoms with Gasteiger partial charge in [0.2, 0.25) is 24.0 Å². The Morgan fingerprint density at radius 3 is 2.61 bits per heavy atom. The molecule has 3 aliphatic rings. The summed E-state index contributed by atoms with van der Waals surface area (Å²) in [6.07, 6.45) is 4.50. The summed E-state index contributed by atoms with van der Waals surface area (Å²) in [6, 6.07) is 15.3. The van der Waals surface area contributed by atoms with E-state index < -0.39 is 0 Å². The zero-order chi connectivity index (χ0) is 28.8. The van der Waals surface area contributed by atoms with Gasteiger partial charge in [0, 0.05) is 60.7 Å². The molecular formula is C30H33N7O4. The molecule has 2 amide bonds. The maximum absolute atomic E-state index is 11.6. The van der Waals surface area contributed by atoms with Gasteiger partial charge in [0.1, 0.15) is 0 Å². The Morgan fingerprint density at radius 2 is 1.98 bits per heavy atom. The van der Waals surface area contributed by atoms with E-state index >= 15 is 0 Å². The molecule has 0 bridgehead atoms. The van der Waals surface area contributed by atoms with Crippen LogP contribution in [-0.2, 0) is 14.3 Å². The van der Waals surface area contributed by atoms with Crippen molar-refractivity contribution >= 4 is 29.9 Å². The fraction of sp³-hybridized carbons (Fsp3) is 0.400. The Morgan fingerprint density at radius 1 is 1.17 bits per heavy atom. The highest BCUT2D eigenvalue weighted by Crippen LogP contribution is 2.30. The molecule has 0 radical (unpaired) electrons. The summed E-state index contributed by atoms with van der Waals surface area (Å²) in [7, 11) is 0. The van der Waals surface area contributed by atoms with Crippen molar-refractivity contribution < 1.29 is 18.8 Å². The fourth-order valence-electron chi connectivity index (χ4n) is 5.13. The predicted octanol–water partition coefficient (Wildman–Crippen LogP) is 3.81. The summed E-state index contributed by atoms with van der Waals surface area (Å²) >= 11 is 0. The first-order valence-electron chi connectivity index (χ1n) is 13.8. The number of ether oxygens (including phenoxy) is 1. The Kier molecular flexibility index (Phi) is 8.70. The summed E-state index contributed by atoms with van der Waals surface area (Å²) in [5.74, 6) is 1.92. The number of hydrogen-bond acceptors (Lipinski definition) is 9. The van der Waals surface area contributed by atoms with E-state index in [0.29, 0.717) is 42.8 Å². The first kappa shape index (κ1) is 28.0. The Bertz CT molecular complexity index is 1440. The number of likely N-dealkylation sites (tertiary alicyclic amines) is 1. The van der Waals surface area contributed by atoms with Crippen LogP contribution in [0.3, 0.4) is 0 Å². The molecule has 11 nitrogen and oxygen atoms in total. The lowest BCUT2D eigenvalue weighted by Gasteiger charge is -2.28. The van der Waals surface area contributed by atoms with Gasteiger partial charge in [0.25, 0.3) is 0 Å². The lowest BCUT2D eigenvalue weighted by atomic mass is 9.97. The largest absolute Gasteiger partial charge is 0.377 e. The molecule has 0 aliphatic carbocycles. The zero-order valence-corrected chi connectivity index (χ0v) is 23.0. The monoisotopic (exact) mass is 555 g/mol. The van der Waals surface area contributed by atoms with Crippen molar-refractivity contribution in [2.75, 3.05) is 43.1 Å². The Balaban J connectivity index is 0.000000191. The van der Waals surface area contributed by atoms with Crippen LogP contribution in [0.2, 0.25) is 0 Å². The molecule has 212 valence electrons. The molecule has 6 rings (SSSR count). The second-order valence-electron chi connectivity index (χ2n) is 10.7. The highest BCUT2D eigenvalue weighted by Gasteiger charge is 2.28. The molecule has 3 aliphatic heterocycles. The maximum Gasteiger partial charge on any atom is 0.230 e. The van der Waals surface area contributed by atoms with E-state index in [-0.39, 0.29) is 17.9 Å². The number of rotatable bonds is 7. The second kappa shape index (κ2) is 12.7. The number of anilines is 2. The zero-order valence-electron chi connectivity index (χ0n) is 23.0. The summed E-state index contributed by atoms with van der Waals surface area (Å²) in [5.41, 5.74) is 3.96. The normalized spacial score (nSPS) is 19.1. The van der Waals surface area contributed by atoms with E-state index in [0.717, 1.165) is 61.4 Å². The molecule has 2 N–H and O–H groups in total. The number of nitrogens with one attached hydrogen (secondary N) is 2. The third kappa shape index (κ3) is 6.61. The molecule has 2 aromatic carbocycles. The van der Waals surface area contributed by atoms with Crippen LogP contribution in [0.1, 0.15) is 49.1 Å². The van der Waals surface area contributed by atoms with Gasteiger partial charge in [-0.2, -0.15) is 10.2 Å². The molecule has 1 unspecified atom stereocenters. The van der Waals surface area contributed by atoms with Gasteiger partial charge < -0.3 is 29.8 Å². The first-order chi connectivity index (χ1) is 20.0. The molecule has 4 heterocycles. The quantitative estimate of drug-likeness (QED) is 0.330. The summed E-state index contributed by atoms with van der Waals surface area (Å²) in [5, 5.41) is 23.9. The van der Waals surface area contributed by atoms with E-state index in [1.54, 1.807) is 21.9 Å². The van der Waals surface area contributed by atoms with Gasteiger partial charge >= 0.3 is 0 Å². The number of benzene rings is 2. The summed E-state index contributed by atoms with van der Waals surface area (Å²) in [4.78, 5) is 30.5. The molecule has 3 aromatic rings. The number of nitrogens with zero attached hydrogens (tertiary/aromatic N) is 5. The average Bonchev–Trinajstić information content (AvgIpc) is 3.61. The number of hydrogen-bond donors (Lipinski definition) is 2. The van der Waals surface area contributed by atoms with E-state index in [9.17, 15) is 9.59 Å². The maximum atomic E-state index is 11.6. The second-order valence-corrected chi connectivity index (χ2v) is 10.7. The van der Waals surface area contributed by atoms with E-state index in [2.05, 4.69) is 28.5 Å². The Hall–Kier alpha value is -4.56. The van der Waals surface area contributed by atoms with Crippen LogP contribution in [0.5, 0.6) is 0 Å². The van der Waals surface area contributed by atoms with Crippen LogP contribution in [0, 0.1) is 22.7 Å².